The van der Waals surface area contributed by atoms with Crippen LogP contribution in [0.3, 0.4) is 0 Å². The summed E-state index contributed by atoms with van der Waals surface area (Å²) in [6.07, 6.45) is 3.56. The fraction of sp³-hybridized carbons (Fsp3) is 0.571. The lowest BCUT2D eigenvalue weighted by Gasteiger charge is -2.09. The number of rotatable bonds is 1. The molecule has 0 aromatic heterocycles. The summed E-state index contributed by atoms with van der Waals surface area (Å²) < 4.78 is 7.57. The van der Waals surface area contributed by atoms with Crippen molar-refractivity contribution in [2.24, 2.45) is 0 Å². The number of hydrogen-bond acceptors (Lipinski definition) is 1. The maximum Gasteiger partial charge on any atom is 0.166 e. The molecule has 1 fully saturated rings. The van der Waals surface area contributed by atoms with Gasteiger partial charge < -0.3 is 17.1 Å². The van der Waals surface area contributed by atoms with Crippen molar-refractivity contribution in [1.82, 2.24) is 0 Å². The van der Waals surface area contributed by atoms with Crippen molar-refractivity contribution in [3.05, 3.63) is 10.6 Å². The summed E-state index contributed by atoms with van der Waals surface area (Å²) in [7, 11) is 0. The maximum absolute atomic E-state index is 5.43. The van der Waals surface area contributed by atoms with Gasteiger partial charge in [0.05, 0.1) is 0 Å². The van der Waals surface area contributed by atoms with Crippen molar-refractivity contribution in [3.8, 4) is 0 Å². The Kier molecular flexibility index (Phi) is 6.86. The summed E-state index contributed by atoms with van der Waals surface area (Å²) in [6, 6.07) is 0. The highest BCUT2D eigenvalue weighted by Gasteiger charge is 2.08. The third-order valence-electron chi connectivity index (χ3n) is 1.46. The smallest absolute Gasteiger partial charge is 0.166 e. The van der Waals surface area contributed by atoms with Gasteiger partial charge in [-0.3, -0.25) is 0 Å². The number of morpholine rings is 1. The van der Waals surface area contributed by atoms with Crippen LogP contribution in [0.15, 0.2) is 10.6 Å². The highest BCUT2D eigenvalue weighted by molar-refractivity contribution is 6.56. The minimum atomic E-state index is 0. The Morgan fingerprint density at radius 2 is 1.83 bits per heavy atom. The van der Waals surface area contributed by atoms with Gasteiger partial charge in [0.15, 0.2) is 19.3 Å². The van der Waals surface area contributed by atoms with E-state index in [2.05, 4.69) is 4.58 Å². The third kappa shape index (κ3) is 4.99. The normalized spacial score (nSPS) is 16.3. The van der Waals surface area contributed by atoms with Crippen molar-refractivity contribution in [1.29, 1.82) is 0 Å². The molecular weight excluding hydrogens is 220 g/mol. The van der Waals surface area contributed by atoms with Gasteiger partial charge in [-0.2, -0.15) is 0 Å². The van der Waals surface area contributed by atoms with Crippen LogP contribution in [0.1, 0.15) is 0 Å². The molecule has 0 aromatic carbocycles. The minimum Gasteiger partial charge on any atom is -1.00 e. The molecule has 0 unspecified atom stereocenters. The standard InChI is InChI=1S/C7H10Cl2NO.ClH/c8-7(9)1-2-10-3-5-11-6-4-10;/h1-2H,3-6H2;1H/q+1;/p-1. The van der Waals surface area contributed by atoms with E-state index in [0.29, 0.717) is 0 Å². The van der Waals surface area contributed by atoms with Crippen LogP contribution in [0, 0.1) is 0 Å². The van der Waals surface area contributed by atoms with Crippen molar-refractivity contribution >= 4 is 29.4 Å². The van der Waals surface area contributed by atoms with E-state index in [9.17, 15) is 0 Å². The first-order valence-electron chi connectivity index (χ1n) is 3.47. The molecule has 0 N–H and O–H groups in total. The van der Waals surface area contributed by atoms with Gasteiger partial charge in [0.2, 0.25) is 0 Å². The summed E-state index contributed by atoms with van der Waals surface area (Å²) in [4.78, 5) is 0. The second-order valence-electron chi connectivity index (χ2n) is 2.25. The van der Waals surface area contributed by atoms with Crippen LogP contribution in [-0.2, 0) is 4.74 Å². The van der Waals surface area contributed by atoms with E-state index in [1.807, 2.05) is 6.21 Å². The van der Waals surface area contributed by atoms with Gasteiger partial charge in [-0.15, -0.1) is 0 Å². The summed E-state index contributed by atoms with van der Waals surface area (Å²) in [6.45, 7) is 3.39. The van der Waals surface area contributed by atoms with Crippen LogP contribution in [0.5, 0.6) is 0 Å². The molecule has 0 aliphatic carbocycles. The first-order valence-corrected chi connectivity index (χ1v) is 4.22. The molecule has 1 heterocycles. The second kappa shape index (κ2) is 6.72. The first kappa shape index (κ1) is 12.2. The zero-order valence-corrected chi connectivity index (χ0v) is 8.74. The van der Waals surface area contributed by atoms with E-state index in [-0.39, 0.29) is 16.9 Å². The molecule has 0 spiro atoms. The Bertz CT molecular complexity index is 179. The topological polar surface area (TPSA) is 12.2 Å². The molecule has 0 amide bonds. The van der Waals surface area contributed by atoms with E-state index >= 15 is 0 Å². The van der Waals surface area contributed by atoms with E-state index in [1.54, 1.807) is 6.08 Å². The number of halogens is 3. The fourth-order valence-corrected chi connectivity index (χ4v) is 1.00. The number of nitrogens with zero attached hydrogens (tertiary/aromatic N) is 1. The molecule has 0 aromatic rings. The molecule has 1 aliphatic heterocycles. The number of hydrogen-bond donors (Lipinski definition) is 0. The summed E-state index contributed by atoms with van der Waals surface area (Å²) in [5, 5.41) is 0. The lowest BCUT2D eigenvalue weighted by Crippen LogP contribution is -3.00. The van der Waals surface area contributed by atoms with E-state index in [4.69, 9.17) is 27.9 Å². The molecule has 1 rings (SSSR count). The molecule has 12 heavy (non-hydrogen) atoms. The average Bonchev–Trinajstić information content (AvgIpc) is 2.03. The lowest BCUT2D eigenvalue weighted by molar-refractivity contribution is -0.544. The van der Waals surface area contributed by atoms with Crippen molar-refractivity contribution in [3.63, 3.8) is 0 Å². The first-order chi connectivity index (χ1) is 5.29. The van der Waals surface area contributed by atoms with Crippen molar-refractivity contribution in [2.75, 3.05) is 26.3 Å². The van der Waals surface area contributed by atoms with Gasteiger partial charge in [0.1, 0.15) is 17.7 Å². The Morgan fingerprint density at radius 3 is 2.33 bits per heavy atom. The number of ether oxygens (including phenoxy) is 1. The zero-order valence-electron chi connectivity index (χ0n) is 6.47. The zero-order chi connectivity index (χ0) is 8.10. The van der Waals surface area contributed by atoms with E-state index < -0.39 is 0 Å². The molecule has 0 saturated carbocycles. The molecule has 2 nitrogen and oxygen atoms in total. The molecule has 1 saturated heterocycles. The molecule has 0 radical (unpaired) electrons. The summed E-state index contributed by atoms with van der Waals surface area (Å²) in [5.74, 6) is 0. The SMILES string of the molecule is ClC(Cl)=CC=[N+]1CCOCC1.[Cl-]. The Hall–Kier alpha value is 0.240. The predicted molar refractivity (Wildman–Crippen MR) is 46.7 cm³/mol. The van der Waals surface area contributed by atoms with Gasteiger partial charge in [-0.05, 0) is 0 Å². The lowest BCUT2D eigenvalue weighted by atomic mass is 10.5. The number of allylic oxidation sites excluding steroid dienone is 1. The van der Waals surface area contributed by atoms with Crippen molar-refractivity contribution < 1.29 is 21.7 Å². The molecule has 5 heteroatoms. The molecule has 70 valence electrons. The van der Waals surface area contributed by atoms with Gasteiger partial charge in [-0.25, -0.2) is 4.58 Å². The monoisotopic (exact) mass is 229 g/mol. The Balaban J connectivity index is 0.00000121. The van der Waals surface area contributed by atoms with Crippen molar-refractivity contribution in [2.45, 2.75) is 0 Å². The third-order valence-corrected chi connectivity index (χ3v) is 1.71. The molecule has 0 atom stereocenters. The minimum absolute atomic E-state index is 0. The van der Waals surface area contributed by atoms with Crippen LogP contribution in [0.2, 0.25) is 0 Å². The van der Waals surface area contributed by atoms with Gasteiger partial charge >= 0.3 is 0 Å². The molecule has 0 bridgehead atoms. The maximum atomic E-state index is 5.43. The second-order valence-corrected chi connectivity index (χ2v) is 3.26. The average molecular weight is 231 g/mol. The van der Waals surface area contributed by atoms with Gasteiger partial charge in [-0.1, -0.05) is 23.2 Å². The Labute approximate surface area is 88.2 Å². The highest BCUT2D eigenvalue weighted by Crippen LogP contribution is 2.03. The molecular formula is C7H10Cl3NO. The molecule has 1 aliphatic rings. The largest absolute Gasteiger partial charge is 1.00 e. The van der Waals surface area contributed by atoms with E-state index in [1.165, 1.54) is 0 Å². The quantitative estimate of drug-likeness (QED) is 0.496. The van der Waals surface area contributed by atoms with Gasteiger partial charge in [0, 0.05) is 6.08 Å². The summed E-state index contributed by atoms with van der Waals surface area (Å²) >= 11 is 10.9. The summed E-state index contributed by atoms with van der Waals surface area (Å²) in [5.41, 5.74) is 0. The predicted octanol–water partition coefficient (Wildman–Crippen LogP) is -1.58. The van der Waals surface area contributed by atoms with Crippen LogP contribution in [0.4, 0.5) is 0 Å². The van der Waals surface area contributed by atoms with Crippen LogP contribution >= 0.6 is 23.2 Å². The fourth-order valence-electron chi connectivity index (χ4n) is 0.888. The van der Waals surface area contributed by atoms with E-state index in [0.717, 1.165) is 26.3 Å². The van der Waals surface area contributed by atoms with Gasteiger partial charge in [0.25, 0.3) is 0 Å². The van der Waals surface area contributed by atoms with Crippen LogP contribution in [-0.4, -0.2) is 37.1 Å². The van der Waals surface area contributed by atoms with Crippen LogP contribution < -0.4 is 12.4 Å². The van der Waals surface area contributed by atoms with Crippen LogP contribution in [0.25, 0.3) is 0 Å². The highest BCUT2D eigenvalue weighted by atomic mass is 35.5. The Morgan fingerprint density at radius 1 is 1.25 bits per heavy atom.